The first-order valence-electron chi connectivity index (χ1n) is 10.1. The molecule has 1 aromatic carbocycles. The second-order valence-corrected chi connectivity index (χ2v) is 9.38. The van der Waals surface area contributed by atoms with E-state index in [-0.39, 0.29) is 5.91 Å². The molecule has 3 heterocycles. The van der Waals surface area contributed by atoms with Gasteiger partial charge < -0.3 is 14.2 Å². The average molecular weight is 463 g/mol. The summed E-state index contributed by atoms with van der Waals surface area (Å²) in [6, 6.07) is 3.70. The van der Waals surface area contributed by atoms with Crippen LogP contribution in [0.4, 0.5) is 5.13 Å². The van der Waals surface area contributed by atoms with Crippen molar-refractivity contribution in [3.8, 4) is 11.5 Å². The Hall–Kier alpha value is -2.27. The van der Waals surface area contributed by atoms with Crippen LogP contribution in [0.1, 0.15) is 20.4 Å². The van der Waals surface area contributed by atoms with Crippen LogP contribution in [0.15, 0.2) is 12.1 Å². The van der Waals surface area contributed by atoms with E-state index in [0.717, 1.165) is 48.2 Å². The van der Waals surface area contributed by atoms with Crippen LogP contribution in [-0.2, 0) is 4.74 Å². The maximum absolute atomic E-state index is 13.6. The molecule has 1 fully saturated rings. The fourth-order valence-corrected chi connectivity index (χ4v) is 5.56. The Labute approximate surface area is 189 Å². The number of carbonyl (C=O) groups is 1. The van der Waals surface area contributed by atoms with E-state index >= 15 is 0 Å². The summed E-state index contributed by atoms with van der Waals surface area (Å²) in [5.74, 6) is 1.29. The van der Waals surface area contributed by atoms with Gasteiger partial charge in [0.25, 0.3) is 5.91 Å². The van der Waals surface area contributed by atoms with E-state index in [0.29, 0.717) is 33.6 Å². The van der Waals surface area contributed by atoms with Crippen molar-refractivity contribution in [3.63, 3.8) is 0 Å². The summed E-state index contributed by atoms with van der Waals surface area (Å²) in [6.07, 6.45) is 0. The van der Waals surface area contributed by atoms with Gasteiger partial charge in [-0.05, 0) is 26.0 Å². The lowest BCUT2D eigenvalue weighted by Crippen LogP contribution is -2.43. The van der Waals surface area contributed by atoms with Crippen LogP contribution in [0.5, 0.6) is 11.5 Å². The van der Waals surface area contributed by atoms with E-state index < -0.39 is 0 Å². The molecule has 4 rings (SSSR count). The Kier molecular flexibility index (Phi) is 6.71. The van der Waals surface area contributed by atoms with Gasteiger partial charge in [0.1, 0.15) is 26.6 Å². The first kappa shape index (κ1) is 21.9. The third kappa shape index (κ3) is 4.52. The molecule has 31 heavy (non-hydrogen) atoms. The highest BCUT2D eigenvalue weighted by atomic mass is 32.1. The third-order valence-electron chi connectivity index (χ3n) is 5.22. The van der Waals surface area contributed by atoms with Crippen molar-refractivity contribution in [1.29, 1.82) is 0 Å². The largest absolute Gasteiger partial charge is 0.495 e. The van der Waals surface area contributed by atoms with Crippen LogP contribution < -0.4 is 14.4 Å². The number of aromatic nitrogens is 2. The Morgan fingerprint density at radius 3 is 2.48 bits per heavy atom. The first-order valence-corrected chi connectivity index (χ1v) is 11.7. The zero-order chi connectivity index (χ0) is 22.0. The van der Waals surface area contributed by atoms with Gasteiger partial charge in [-0.1, -0.05) is 11.3 Å². The van der Waals surface area contributed by atoms with Gasteiger partial charge in [-0.15, -0.1) is 11.3 Å². The number of anilines is 1. The van der Waals surface area contributed by atoms with Crippen LogP contribution in [0.25, 0.3) is 10.2 Å². The molecule has 8 nitrogen and oxygen atoms in total. The van der Waals surface area contributed by atoms with Gasteiger partial charge >= 0.3 is 0 Å². The minimum absolute atomic E-state index is 0.0756. The minimum Gasteiger partial charge on any atom is -0.495 e. The van der Waals surface area contributed by atoms with Gasteiger partial charge in [0.15, 0.2) is 5.13 Å². The number of ether oxygens (including phenoxy) is 3. The maximum atomic E-state index is 13.6. The fourth-order valence-electron chi connectivity index (χ4n) is 3.59. The number of fused-ring (bicyclic) bond motifs is 1. The Morgan fingerprint density at radius 2 is 1.84 bits per heavy atom. The summed E-state index contributed by atoms with van der Waals surface area (Å²) in [6.45, 7) is 8.23. The third-order valence-corrected chi connectivity index (χ3v) is 7.37. The number of thiazole rings is 2. The van der Waals surface area contributed by atoms with Crippen molar-refractivity contribution < 1.29 is 19.0 Å². The number of carbonyl (C=O) groups excluding carboxylic acids is 1. The molecule has 0 atom stereocenters. The number of methoxy groups -OCH3 is 2. The normalized spacial score (nSPS) is 14.7. The number of rotatable bonds is 7. The molecule has 0 N–H and O–H groups in total. The van der Waals surface area contributed by atoms with Gasteiger partial charge in [-0.3, -0.25) is 14.6 Å². The van der Waals surface area contributed by atoms with E-state index in [1.807, 2.05) is 26.0 Å². The van der Waals surface area contributed by atoms with Gasteiger partial charge in [0.05, 0.1) is 38.1 Å². The van der Waals surface area contributed by atoms with Gasteiger partial charge in [-0.2, -0.15) is 0 Å². The molecule has 1 saturated heterocycles. The molecule has 1 aliphatic rings. The van der Waals surface area contributed by atoms with E-state index in [9.17, 15) is 4.79 Å². The number of morpholine rings is 1. The lowest BCUT2D eigenvalue weighted by atomic mass is 10.3. The lowest BCUT2D eigenvalue weighted by Gasteiger charge is -2.29. The Morgan fingerprint density at radius 1 is 1.13 bits per heavy atom. The monoisotopic (exact) mass is 462 g/mol. The highest BCUT2D eigenvalue weighted by molar-refractivity contribution is 7.23. The molecule has 0 unspecified atom stereocenters. The van der Waals surface area contributed by atoms with Crippen molar-refractivity contribution in [2.75, 3.05) is 58.5 Å². The summed E-state index contributed by atoms with van der Waals surface area (Å²) >= 11 is 2.86. The molecule has 3 aromatic rings. The number of nitrogens with zero attached hydrogens (tertiary/aromatic N) is 4. The van der Waals surface area contributed by atoms with Crippen molar-refractivity contribution >= 4 is 43.9 Å². The van der Waals surface area contributed by atoms with E-state index in [4.69, 9.17) is 19.2 Å². The number of benzene rings is 1. The predicted molar refractivity (Wildman–Crippen MR) is 123 cm³/mol. The van der Waals surface area contributed by atoms with E-state index in [1.54, 1.807) is 19.1 Å². The van der Waals surface area contributed by atoms with Crippen molar-refractivity contribution in [3.05, 3.63) is 27.7 Å². The van der Waals surface area contributed by atoms with Crippen LogP contribution in [0.3, 0.4) is 0 Å². The van der Waals surface area contributed by atoms with E-state index in [1.165, 1.54) is 22.7 Å². The molecule has 1 amide bonds. The molecule has 0 bridgehead atoms. The molecule has 0 spiro atoms. The van der Waals surface area contributed by atoms with Crippen molar-refractivity contribution in [1.82, 2.24) is 14.9 Å². The number of hydrogen-bond acceptors (Lipinski definition) is 9. The second kappa shape index (κ2) is 9.47. The van der Waals surface area contributed by atoms with Crippen molar-refractivity contribution in [2.45, 2.75) is 13.8 Å². The summed E-state index contributed by atoms with van der Waals surface area (Å²) in [5, 5.41) is 1.50. The second-order valence-electron chi connectivity index (χ2n) is 7.20. The molecule has 10 heteroatoms. The standard InChI is InChI=1S/C21H26N4O4S2/c1-13-18(30-14(2)22-13)20(26)25(8-7-24-9-11-29-12-10-24)21-23-17-15(27-3)5-6-16(28-4)19(17)31-21/h5-6H,7-12H2,1-4H3. The summed E-state index contributed by atoms with van der Waals surface area (Å²) in [5.41, 5.74) is 1.45. The molecular weight excluding hydrogens is 436 g/mol. The average Bonchev–Trinajstić information content (AvgIpc) is 3.36. The number of hydrogen-bond donors (Lipinski definition) is 0. The fraction of sp³-hybridized carbons (Fsp3) is 0.476. The zero-order valence-corrected chi connectivity index (χ0v) is 19.8. The number of amides is 1. The highest BCUT2D eigenvalue weighted by Crippen LogP contribution is 2.40. The van der Waals surface area contributed by atoms with Gasteiger partial charge in [-0.25, -0.2) is 9.97 Å². The predicted octanol–water partition coefficient (Wildman–Crippen LogP) is 3.37. The summed E-state index contributed by atoms with van der Waals surface area (Å²) in [4.78, 5) is 27.6. The zero-order valence-electron chi connectivity index (χ0n) is 18.1. The Bertz CT molecular complexity index is 1030. The Balaban J connectivity index is 1.72. The van der Waals surface area contributed by atoms with Crippen LogP contribution >= 0.6 is 22.7 Å². The molecule has 0 aliphatic carbocycles. The SMILES string of the molecule is COc1ccc(OC)c2sc(N(CCN3CCOCC3)C(=O)c3sc(C)nc3C)nc12. The van der Waals surface area contributed by atoms with Crippen LogP contribution in [0, 0.1) is 13.8 Å². The summed E-state index contributed by atoms with van der Waals surface area (Å²) < 4.78 is 17.3. The van der Waals surface area contributed by atoms with Crippen LogP contribution in [-0.4, -0.2) is 74.4 Å². The molecular formula is C21H26N4O4S2. The molecule has 0 saturated carbocycles. The topological polar surface area (TPSA) is 77.0 Å². The van der Waals surface area contributed by atoms with E-state index in [2.05, 4.69) is 9.88 Å². The smallest absolute Gasteiger partial charge is 0.272 e. The highest BCUT2D eigenvalue weighted by Gasteiger charge is 2.27. The minimum atomic E-state index is -0.0756. The molecule has 0 radical (unpaired) electrons. The maximum Gasteiger partial charge on any atom is 0.272 e. The van der Waals surface area contributed by atoms with Gasteiger partial charge in [0, 0.05) is 26.2 Å². The molecule has 1 aliphatic heterocycles. The molecule has 166 valence electrons. The lowest BCUT2D eigenvalue weighted by molar-refractivity contribution is 0.0391. The van der Waals surface area contributed by atoms with Crippen molar-refractivity contribution in [2.24, 2.45) is 0 Å². The van der Waals surface area contributed by atoms with Crippen LogP contribution in [0.2, 0.25) is 0 Å². The number of aryl methyl sites for hydroxylation is 2. The quantitative estimate of drug-likeness (QED) is 0.533. The summed E-state index contributed by atoms with van der Waals surface area (Å²) in [7, 11) is 3.25. The van der Waals surface area contributed by atoms with Gasteiger partial charge in [0.2, 0.25) is 0 Å². The first-order chi connectivity index (χ1) is 15.0. The molecule has 2 aromatic heterocycles.